The Balaban J connectivity index is 2.24. The van der Waals surface area contributed by atoms with Gasteiger partial charge in [0.05, 0.1) is 5.75 Å². The molecule has 2 rings (SSSR count). The van der Waals surface area contributed by atoms with Crippen LogP contribution >= 0.6 is 0 Å². The highest BCUT2D eigenvalue weighted by molar-refractivity contribution is 8.06. The average Bonchev–Trinajstić information content (AvgIpc) is 2.80. The Morgan fingerprint density at radius 3 is 2.52 bits per heavy atom. The Morgan fingerprint density at radius 2 is 2.00 bits per heavy atom. The van der Waals surface area contributed by atoms with Gasteiger partial charge in [0.1, 0.15) is 5.60 Å². The van der Waals surface area contributed by atoms with Crippen molar-refractivity contribution in [2.45, 2.75) is 39.2 Å². The maximum absolute atomic E-state index is 12.5. The molecule has 4 nitrogen and oxygen atoms in total. The molecule has 0 amide bonds. The second kappa shape index (κ2) is 6.02. The van der Waals surface area contributed by atoms with E-state index in [9.17, 15) is 8.42 Å². The van der Waals surface area contributed by atoms with E-state index in [1.54, 1.807) is 0 Å². The average molecular weight is 307 g/mol. The van der Waals surface area contributed by atoms with Crippen LogP contribution in [-0.4, -0.2) is 24.8 Å². The first-order valence-electron chi connectivity index (χ1n) is 7.06. The molecule has 0 aromatic heterocycles. The Bertz CT molecular complexity index is 658. The Morgan fingerprint density at radius 1 is 1.33 bits per heavy atom. The highest BCUT2D eigenvalue weighted by Gasteiger charge is 2.36. The Kier molecular flexibility index (Phi) is 4.52. The molecule has 0 bridgehead atoms. The fourth-order valence-electron chi connectivity index (χ4n) is 2.22. The topological polar surface area (TPSA) is 55.7 Å². The number of allylic oxidation sites excluding steroid dienone is 1. The van der Waals surface area contributed by atoms with Crippen LogP contribution in [0.1, 0.15) is 39.2 Å². The third-order valence-corrected chi connectivity index (χ3v) is 4.90. The standard InChI is InChI=1S/C16H21NO3S/c1-4-8-14(13-9-6-5-7-10-13)12-21(18,19)15-11-16(2,3)20-17-15/h5-10H,4,11-12H2,1-3H3. The maximum Gasteiger partial charge on any atom is 0.199 e. The molecule has 1 aromatic carbocycles. The Hall–Kier alpha value is -1.62. The molecule has 0 spiro atoms. The molecule has 0 unspecified atom stereocenters. The van der Waals surface area contributed by atoms with Crippen molar-refractivity contribution in [3.05, 3.63) is 42.0 Å². The largest absolute Gasteiger partial charge is 0.389 e. The van der Waals surface area contributed by atoms with Crippen molar-refractivity contribution in [2.75, 3.05) is 5.75 Å². The van der Waals surface area contributed by atoms with Crippen molar-refractivity contribution in [3.8, 4) is 0 Å². The molecular weight excluding hydrogens is 286 g/mol. The zero-order chi connectivity index (χ0) is 15.5. The van der Waals surface area contributed by atoms with Crippen LogP contribution in [-0.2, 0) is 14.7 Å². The lowest BCUT2D eigenvalue weighted by Gasteiger charge is -2.13. The number of hydrogen-bond acceptors (Lipinski definition) is 4. The molecule has 0 atom stereocenters. The molecule has 5 heteroatoms. The SMILES string of the molecule is CCC=C(CS(=O)(=O)C1=NOC(C)(C)C1)c1ccccc1. The Labute approximate surface area is 126 Å². The van der Waals surface area contributed by atoms with Crippen molar-refractivity contribution in [1.82, 2.24) is 0 Å². The molecule has 1 aliphatic heterocycles. The monoisotopic (exact) mass is 307 g/mol. The summed E-state index contributed by atoms with van der Waals surface area (Å²) in [6.45, 7) is 5.66. The van der Waals surface area contributed by atoms with E-state index in [2.05, 4.69) is 5.16 Å². The molecule has 0 N–H and O–H groups in total. The van der Waals surface area contributed by atoms with Gasteiger partial charge >= 0.3 is 0 Å². The van der Waals surface area contributed by atoms with Crippen LogP contribution in [0.4, 0.5) is 0 Å². The van der Waals surface area contributed by atoms with E-state index in [0.717, 1.165) is 17.6 Å². The van der Waals surface area contributed by atoms with Crippen molar-refractivity contribution < 1.29 is 13.3 Å². The minimum Gasteiger partial charge on any atom is -0.389 e. The number of oxime groups is 1. The molecular formula is C16H21NO3S. The van der Waals surface area contributed by atoms with Crippen LogP contribution in [0.5, 0.6) is 0 Å². The number of nitrogens with zero attached hydrogens (tertiary/aromatic N) is 1. The van der Waals surface area contributed by atoms with Crippen molar-refractivity contribution >= 4 is 20.5 Å². The van der Waals surface area contributed by atoms with Crippen molar-refractivity contribution in [1.29, 1.82) is 0 Å². The lowest BCUT2D eigenvalue weighted by molar-refractivity contribution is 0.0123. The van der Waals surface area contributed by atoms with Gasteiger partial charge in [-0.05, 0) is 31.4 Å². The highest BCUT2D eigenvalue weighted by Crippen LogP contribution is 2.27. The second-order valence-electron chi connectivity index (χ2n) is 5.78. The van der Waals surface area contributed by atoms with Gasteiger partial charge in [-0.15, -0.1) is 0 Å². The van der Waals surface area contributed by atoms with E-state index in [1.807, 2.05) is 57.2 Å². The molecule has 0 saturated heterocycles. The number of hydrogen-bond donors (Lipinski definition) is 0. The van der Waals surface area contributed by atoms with Crippen LogP contribution in [0.3, 0.4) is 0 Å². The van der Waals surface area contributed by atoms with Gasteiger partial charge in [0.2, 0.25) is 0 Å². The van der Waals surface area contributed by atoms with E-state index < -0.39 is 15.4 Å². The summed E-state index contributed by atoms with van der Waals surface area (Å²) < 4.78 is 25.1. The van der Waals surface area contributed by atoms with Crippen molar-refractivity contribution in [3.63, 3.8) is 0 Å². The molecule has 1 aliphatic rings. The normalized spacial score (nSPS) is 18.2. The summed E-state index contributed by atoms with van der Waals surface area (Å²) in [4.78, 5) is 5.18. The fraction of sp³-hybridized carbons (Fsp3) is 0.438. The quantitative estimate of drug-likeness (QED) is 0.856. The predicted octanol–water partition coefficient (Wildman–Crippen LogP) is 3.41. The van der Waals surface area contributed by atoms with Crippen molar-refractivity contribution in [2.24, 2.45) is 5.16 Å². The summed E-state index contributed by atoms with van der Waals surface area (Å²) >= 11 is 0. The summed E-state index contributed by atoms with van der Waals surface area (Å²) in [6, 6.07) is 9.58. The zero-order valence-corrected chi connectivity index (χ0v) is 13.5. The van der Waals surface area contributed by atoms with Gasteiger partial charge in [-0.2, -0.15) is 0 Å². The van der Waals surface area contributed by atoms with Gasteiger partial charge in [0.15, 0.2) is 14.9 Å². The van der Waals surface area contributed by atoms with Crippen LogP contribution in [0.25, 0.3) is 5.57 Å². The molecule has 1 aromatic rings. The van der Waals surface area contributed by atoms with E-state index >= 15 is 0 Å². The van der Waals surface area contributed by atoms with Crippen LogP contribution in [0, 0.1) is 0 Å². The first-order valence-corrected chi connectivity index (χ1v) is 8.71. The lowest BCUT2D eigenvalue weighted by Crippen LogP contribution is -2.24. The predicted molar refractivity (Wildman–Crippen MR) is 85.7 cm³/mol. The van der Waals surface area contributed by atoms with Gasteiger partial charge in [-0.3, -0.25) is 0 Å². The smallest absolute Gasteiger partial charge is 0.199 e. The molecule has 114 valence electrons. The first kappa shape index (κ1) is 15.8. The van der Waals surface area contributed by atoms with Gasteiger partial charge in [-0.25, -0.2) is 8.42 Å². The minimum absolute atomic E-state index is 0.0386. The molecule has 0 fully saturated rings. The second-order valence-corrected chi connectivity index (χ2v) is 7.76. The van der Waals surface area contributed by atoms with Crippen LogP contribution in [0.2, 0.25) is 0 Å². The van der Waals surface area contributed by atoms with Gasteiger partial charge in [0.25, 0.3) is 0 Å². The summed E-state index contributed by atoms with van der Waals surface area (Å²) in [7, 11) is -3.44. The molecule has 0 radical (unpaired) electrons. The lowest BCUT2D eigenvalue weighted by atomic mass is 10.1. The molecule has 0 saturated carbocycles. The first-order chi connectivity index (χ1) is 9.84. The van der Waals surface area contributed by atoms with Gasteiger partial charge in [-0.1, -0.05) is 48.5 Å². The van der Waals surface area contributed by atoms with E-state index in [4.69, 9.17) is 4.84 Å². The van der Waals surface area contributed by atoms with E-state index in [-0.39, 0.29) is 10.8 Å². The van der Waals surface area contributed by atoms with Gasteiger partial charge < -0.3 is 4.84 Å². The molecule has 21 heavy (non-hydrogen) atoms. The fourth-order valence-corrected chi connectivity index (χ4v) is 3.80. The van der Waals surface area contributed by atoms with Crippen LogP contribution < -0.4 is 0 Å². The zero-order valence-electron chi connectivity index (χ0n) is 12.7. The van der Waals surface area contributed by atoms with Gasteiger partial charge in [0, 0.05) is 6.42 Å². The summed E-state index contributed by atoms with van der Waals surface area (Å²) in [5.74, 6) is -0.0386. The minimum atomic E-state index is -3.44. The van der Waals surface area contributed by atoms with E-state index in [0.29, 0.717) is 6.42 Å². The summed E-state index contributed by atoms with van der Waals surface area (Å²) in [6.07, 6.45) is 3.06. The number of rotatable bonds is 4. The third kappa shape index (κ3) is 3.94. The number of sulfone groups is 1. The summed E-state index contributed by atoms with van der Waals surface area (Å²) in [5.41, 5.74) is 1.20. The van der Waals surface area contributed by atoms with E-state index in [1.165, 1.54) is 0 Å². The number of benzene rings is 1. The third-order valence-electron chi connectivity index (χ3n) is 3.27. The molecule has 1 heterocycles. The summed E-state index contributed by atoms with van der Waals surface area (Å²) in [5, 5.41) is 3.91. The van der Waals surface area contributed by atoms with Crippen LogP contribution in [0.15, 0.2) is 41.6 Å². The maximum atomic E-state index is 12.5. The molecule has 0 aliphatic carbocycles. The highest BCUT2D eigenvalue weighted by atomic mass is 32.2.